The number of fused-ring (bicyclic) bond motifs is 2. The molecule has 0 saturated heterocycles. The Morgan fingerprint density at radius 3 is 2.71 bits per heavy atom. The molecule has 2 aromatic carbocycles. The van der Waals surface area contributed by atoms with E-state index in [1.807, 2.05) is 54.6 Å². The van der Waals surface area contributed by atoms with Gasteiger partial charge in [-0.15, -0.1) is 11.3 Å². The Morgan fingerprint density at radius 2 is 1.81 bits per heavy atom. The van der Waals surface area contributed by atoms with Gasteiger partial charge in [-0.25, -0.2) is 0 Å². The lowest BCUT2D eigenvalue weighted by Crippen LogP contribution is -1.99. The van der Waals surface area contributed by atoms with Crippen LogP contribution < -0.4 is 0 Å². The summed E-state index contributed by atoms with van der Waals surface area (Å²) in [5.41, 5.74) is 0.715. The van der Waals surface area contributed by atoms with E-state index in [9.17, 15) is 4.79 Å². The largest absolute Gasteiger partial charge is 0.288 e. The number of carbonyl (C=O) groups excluding carboxylic acids is 1. The molecule has 4 rings (SSSR count). The van der Waals surface area contributed by atoms with Crippen LogP contribution in [0.5, 0.6) is 0 Å². The third kappa shape index (κ3) is 2.03. The first-order valence-corrected chi connectivity index (χ1v) is 7.50. The van der Waals surface area contributed by atoms with Crippen molar-refractivity contribution in [3.05, 3.63) is 77.4 Å². The number of carbonyl (C=O) groups is 1. The van der Waals surface area contributed by atoms with Crippen molar-refractivity contribution in [3.63, 3.8) is 0 Å². The topological polar surface area (TPSA) is 30.0 Å². The second kappa shape index (κ2) is 4.79. The molecule has 3 heteroatoms. The van der Waals surface area contributed by atoms with E-state index in [1.165, 1.54) is 11.3 Å². The molecule has 21 heavy (non-hydrogen) atoms. The van der Waals surface area contributed by atoms with Crippen LogP contribution in [0.2, 0.25) is 0 Å². The summed E-state index contributed by atoms with van der Waals surface area (Å²) in [6.07, 6.45) is 3.51. The molecule has 0 amide bonds. The van der Waals surface area contributed by atoms with Gasteiger partial charge in [0, 0.05) is 28.0 Å². The van der Waals surface area contributed by atoms with Crippen LogP contribution in [0.25, 0.3) is 20.9 Å². The standard InChI is InChI=1S/C18H11NOS/c20-18(17-10-13-4-1-2-7-16(13)21-17)14-6-3-5-12-8-9-19-11-15(12)14/h1-11H. The first kappa shape index (κ1) is 12.2. The van der Waals surface area contributed by atoms with Gasteiger partial charge in [-0.1, -0.05) is 36.4 Å². The summed E-state index contributed by atoms with van der Waals surface area (Å²) in [5.74, 6) is 0.0646. The maximum Gasteiger partial charge on any atom is 0.203 e. The van der Waals surface area contributed by atoms with E-state index in [4.69, 9.17) is 0 Å². The lowest BCUT2D eigenvalue weighted by Gasteiger charge is -2.03. The Morgan fingerprint density at radius 1 is 0.952 bits per heavy atom. The molecule has 0 N–H and O–H groups in total. The Labute approximate surface area is 125 Å². The molecule has 2 aromatic heterocycles. The number of nitrogens with zero attached hydrogens (tertiary/aromatic N) is 1. The van der Waals surface area contributed by atoms with Crippen molar-refractivity contribution in [2.75, 3.05) is 0 Å². The van der Waals surface area contributed by atoms with E-state index < -0.39 is 0 Å². The lowest BCUT2D eigenvalue weighted by molar-refractivity contribution is 0.104. The Kier molecular flexibility index (Phi) is 2.79. The fourth-order valence-corrected chi connectivity index (χ4v) is 3.55. The molecule has 0 bridgehead atoms. The van der Waals surface area contributed by atoms with Gasteiger partial charge in [0.25, 0.3) is 0 Å². The number of ketones is 1. The highest BCUT2D eigenvalue weighted by Crippen LogP contribution is 2.29. The van der Waals surface area contributed by atoms with Gasteiger partial charge in [-0.2, -0.15) is 0 Å². The number of thiophene rings is 1. The summed E-state index contributed by atoms with van der Waals surface area (Å²) in [6.45, 7) is 0. The maximum absolute atomic E-state index is 12.8. The molecule has 0 aliphatic heterocycles. The van der Waals surface area contributed by atoms with Crippen LogP contribution in [-0.2, 0) is 0 Å². The Balaban J connectivity index is 1.90. The van der Waals surface area contributed by atoms with Crippen molar-refractivity contribution in [2.45, 2.75) is 0 Å². The van der Waals surface area contributed by atoms with Crippen LogP contribution in [0, 0.1) is 0 Å². The Bertz CT molecular complexity index is 933. The van der Waals surface area contributed by atoms with Crippen LogP contribution >= 0.6 is 11.3 Å². The van der Waals surface area contributed by atoms with Crippen molar-refractivity contribution in [3.8, 4) is 0 Å². The summed E-state index contributed by atoms with van der Waals surface area (Å²) < 4.78 is 1.14. The second-order valence-electron chi connectivity index (χ2n) is 4.88. The van der Waals surface area contributed by atoms with E-state index in [1.54, 1.807) is 12.4 Å². The number of pyridine rings is 1. The van der Waals surface area contributed by atoms with Gasteiger partial charge in [-0.05, 0) is 29.0 Å². The first-order valence-electron chi connectivity index (χ1n) is 6.69. The van der Waals surface area contributed by atoms with Gasteiger partial charge in [0.1, 0.15) is 0 Å². The first-order chi connectivity index (χ1) is 10.3. The third-order valence-electron chi connectivity index (χ3n) is 3.58. The summed E-state index contributed by atoms with van der Waals surface area (Å²) in [5, 5.41) is 3.06. The van der Waals surface area contributed by atoms with E-state index in [0.717, 1.165) is 25.7 Å². The molecular weight excluding hydrogens is 278 g/mol. The third-order valence-corrected chi connectivity index (χ3v) is 4.69. The van der Waals surface area contributed by atoms with Gasteiger partial charge in [0.2, 0.25) is 5.78 Å². The Hall–Kier alpha value is -2.52. The summed E-state index contributed by atoms with van der Waals surface area (Å²) >= 11 is 1.54. The lowest BCUT2D eigenvalue weighted by atomic mass is 10.0. The van der Waals surface area contributed by atoms with Crippen molar-refractivity contribution >= 4 is 38.0 Å². The normalized spacial score (nSPS) is 11.0. The summed E-state index contributed by atoms with van der Waals surface area (Å²) in [4.78, 5) is 17.7. The zero-order chi connectivity index (χ0) is 14.2. The average Bonchev–Trinajstić information content (AvgIpc) is 2.97. The maximum atomic E-state index is 12.8. The minimum Gasteiger partial charge on any atom is -0.288 e. The molecule has 2 nitrogen and oxygen atoms in total. The molecule has 0 unspecified atom stereocenters. The zero-order valence-corrected chi connectivity index (χ0v) is 11.9. The van der Waals surface area contributed by atoms with E-state index in [-0.39, 0.29) is 5.78 Å². The predicted octanol–water partition coefficient (Wildman–Crippen LogP) is 4.68. The SMILES string of the molecule is O=C(c1cc2ccccc2s1)c1cccc2ccncc12. The molecule has 100 valence electrons. The van der Waals surface area contributed by atoms with Crippen LogP contribution in [-0.4, -0.2) is 10.8 Å². The molecule has 0 spiro atoms. The minimum atomic E-state index is 0.0646. The van der Waals surface area contributed by atoms with Gasteiger partial charge in [0.05, 0.1) is 4.88 Å². The second-order valence-corrected chi connectivity index (χ2v) is 5.96. The molecule has 0 radical (unpaired) electrons. The molecule has 0 fully saturated rings. The molecule has 4 aromatic rings. The van der Waals surface area contributed by atoms with E-state index in [0.29, 0.717) is 5.56 Å². The number of aromatic nitrogens is 1. The quantitative estimate of drug-likeness (QED) is 0.501. The summed E-state index contributed by atoms with van der Waals surface area (Å²) in [7, 11) is 0. The highest BCUT2D eigenvalue weighted by Gasteiger charge is 2.15. The van der Waals surface area contributed by atoms with Gasteiger partial charge in [-0.3, -0.25) is 9.78 Å². The van der Waals surface area contributed by atoms with Crippen LogP contribution in [0.4, 0.5) is 0 Å². The number of rotatable bonds is 2. The predicted molar refractivity (Wildman–Crippen MR) is 87.0 cm³/mol. The number of hydrogen-bond donors (Lipinski definition) is 0. The fraction of sp³-hybridized carbons (Fsp3) is 0. The highest BCUT2D eigenvalue weighted by molar-refractivity contribution is 7.21. The van der Waals surface area contributed by atoms with Crippen molar-refractivity contribution in [1.82, 2.24) is 4.98 Å². The molecule has 0 saturated carbocycles. The minimum absolute atomic E-state index is 0.0646. The van der Waals surface area contributed by atoms with E-state index in [2.05, 4.69) is 4.98 Å². The van der Waals surface area contributed by atoms with Crippen LogP contribution in [0.15, 0.2) is 67.0 Å². The average molecular weight is 289 g/mol. The molecule has 2 heterocycles. The smallest absolute Gasteiger partial charge is 0.203 e. The van der Waals surface area contributed by atoms with E-state index >= 15 is 0 Å². The zero-order valence-electron chi connectivity index (χ0n) is 11.1. The monoisotopic (exact) mass is 289 g/mol. The van der Waals surface area contributed by atoms with Crippen molar-refractivity contribution in [2.24, 2.45) is 0 Å². The molecule has 0 aliphatic carbocycles. The molecule has 0 atom stereocenters. The van der Waals surface area contributed by atoms with Crippen LogP contribution in [0.1, 0.15) is 15.2 Å². The number of hydrogen-bond acceptors (Lipinski definition) is 3. The van der Waals surface area contributed by atoms with Crippen molar-refractivity contribution < 1.29 is 4.79 Å². The molecular formula is C18H11NOS. The summed E-state index contributed by atoms with van der Waals surface area (Å²) in [6, 6.07) is 17.8. The van der Waals surface area contributed by atoms with Gasteiger partial charge >= 0.3 is 0 Å². The van der Waals surface area contributed by atoms with Crippen molar-refractivity contribution in [1.29, 1.82) is 0 Å². The van der Waals surface area contributed by atoms with Gasteiger partial charge < -0.3 is 0 Å². The van der Waals surface area contributed by atoms with Gasteiger partial charge in [0.15, 0.2) is 0 Å². The fourth-order valence-electron chi connectivity index (χ4n) is 2.54. The van der Waals surface area contributed by atoms with Crippen LogP contribution in [0.3, 0.4) is 0 Å². The highest BCUT2D eigenvalue weighted by atomic mass is 32.1. The number of benzene rings is 2. The molecule has 0 aliphatic rings.